The van der Waals surface area contributed by atoms with Crippen LogP contribution in [0.15, 0.2) is 61.1 Å². The minimum atomic E-state index is -1.07. The molecule has 0 bridgehead atoms. The molecule has 0 saturated carbocycles. The summed E-state index contributed by atoms with van der Waals surface area (Å²) in [6.07, 6.45) is 3.06. The molecule has 1 aromatic heterocycles. The third-order valence-corrected chi connectivity index (χ3v) is 3.53. The lowest BCUT2D eigenvalue weighted by Gasteiger charge is -2.10. The Hall–Kier alpha value is -3.28. The Balaban J connectivity index is 1.60. The van der Waals surface area contributed by atoms with Crippen LogP contribution in [0.2, 0.25) is 0 Å². The van der Waals surface area contributed by atoms with Crippen LogP contribution in [0, 0.1) is 0 Å². The van der Waals surface area contributed by atoms with Crippen LogP contribution in [0.1, 0.15) is 5.56 Å². The van der Waals surface area contributed by atoms with E-state index in [0.717, 1.165) is 29.0 Å². The Morgan fingerprint density at radius 1 is 1.17 bits per heavy atom. The summed E-state index contributed by atoms with van der Waals surface area (Å²) < 4.78 is 5.90. The highest BCUT2D eigenvalue weighted by molar-refractivity contribution is 5.82. The van der Waals surface area contributed by atoms with Crippen molar-refractivity contribution in [2.24, 2.45) is 0 Å². The van der Waals surface area contributed by atoms with Crippen molar-refractivity contribution in [2.75, 3.05) is 11.9 Å². The molecule has 0 aliphatic rings. The molecular weight excluding hydrogens is 306 g/mol. The fourth-order valence-electron chi connectivity index (χ4n) is 2.38. The zero-order valence-electron chi connectivity index (χ0n) is 12.9. The Labute approximate surface area is 139 Å². The van der Waals surface area contributed by atoms with Gasteiger partial charge in [0.2, 0.25) is 0 Å². The SMILES string of the molecule is O=C(O)Nc1ccc(CCOc2ccccc2-c2cnc[nH]2)cc1. The number of anilines is 1. The minimum Gasteiger partial charge on any atom is -0.493 e. The van der Waals surface area contributed by atoms with Crippen LogP contribution < -0.4 is 10.1 Å². The van der Waals surface area contributed by atoms with Crippen LogP contribution in [-0.2, 0) is 6.42 Å². The van der Waals surface area contributed by atoms with Crippen LogP contribution in [0.3, 0.4) is 0 Å². The number of carboxylic acid groups (broad SMARTS) is 1. The first-order valence-electron chi connectivity index (χ1n) is 7.52. The summed E-state index contributed by atoms with van der Waals surface area (Å²) in [5, 5.41) is 11.0. The van der Waals surface area contributed by atoms with Crippen molar-refractivity contribution in [1.29, 1.82) is 0 Å². The number of hydrogen-bond donors (Lipinski definition) is 3. The van der Waals surface area contributed by atoms with Gasteiger partial charge in [-0.05, 0) is 29.8 Å². The van der Waals surface area contributed by atoms with Gasteiger partial charge in [0.05, 0.1) is 24.8 Å². The average Bonchev–Trinajstić information content (AvgIpc) is 3.11. The van der Waals surface area contributed by atoms with Crippen LogP contribution in [-0.4, -0.2) is 27.8 Å². The summed E-state index contributed by atoms with van der Waals surface area (Å²) in [6.45, 7) is 0.525. The molecule has 3 rings (SSSR count). The van der Waals surface area contributed by atoms with Gasteiger partial charge in [0.15, 0.2) is 0 Å². The fraction of sp³-hybridized carbons (Fsp3) is 0.111. The highest BCUT2D eigenvalue weighted by atomic mass is 16.5. The normalized spacial score (nSPS) is 10.3. The molecule has 0 saturated heterocycles. The van der Waals surface area contributed by atoms with Crippen molar-refractivity contribution >= 4 is 11.8 Å². The van der Waals surface area contributed by atoms with E-state index in [1.807, 2.05) is 36.4 Å². The van der Waals surface area contributed by atoms with E-state index in [-0.39, 0.29) is 0 Å². The zero-order chi connectivity index (χ0) is 16.8. The maximum absolute atomic E-state index is 10.6. The van der Waals surface area contributed by atoms with Gasteiger partial charge < -0.3 is 14.8 Å². The van der Waals surface area contributed by atoms with E-state index in [4.69, 9.17) is 9.84 Å². The Morgan fingerprint density at radius 2 is 1.96 bits per heavy atom. The zero-order valence-corrected chi connectivity index (χ0v) is 12.9. The van der Waals surface area contributed by atoms with Crippen LogP contribution in [0.25, 0.3) is 11.3 Å². The molecule has 1 amide bonds. The van der Waals surface area contributed by atoms with E-state index < -0.39 is 6.09 Å². The first-order valence-corrected chi connectivity index (χ1v) is 7.52. The summed E-state index contributed by atoms with van der Waals surface area (Å²) in [6, 6.07) is 15.0. The predicted molar refractivity (Wildman–Crippen MR) is 91.3 cm³/mol. The number of imidazole rings is 1. The van der Waals surface area contributed by atoms with Crippen LogP contribution in [0.4, 0.5) is 10.5 Å². The van der Waals surface area contributed by atoms with Gasteiger partial charge in [0, 0.05) is 17.7 Å². The molecule has 6 heteroatoms. The van der Waals surface area contributed by atoms with E-state index in [1.54, 1.807) is 24.7 Å². The van der Waals surface area contributed by atoms with E-state index in [9.17, 15) is 4.79 Å². The largest absolute Gasteiger partial charge is 0.493 e. The third kappa shape index (κ3) is 3.92. The average molecular weight is 323 g/mol. The Bertz CT molecular complexity index is 799. The van der Waals surface area contributed by atoms with Gasteiger partial charge in [-0.1, -0.05) is 24.3 Å². The first-order chi connectivity index (χ1) is 11.7. The molecule has 24 heavy (non-hydrogen) atoms. The summed E-state index contributed by atoms with van der Waals surface area (Å²) >= 11 is 0. The van der Waals surface area contributed by atoms with Crippen LogP contribution in [0.5, 0.6) is 5.75 Å². The standard InChI is InChI=1S/C18H17N3O3/c22-18(23)21-14-7-5-13(6-8-14)9-10-24-17-4-2-1-3-15(17)16-11-19-12-20-16/h1-8,11-12,21H,9-10H2,(H,19,20)(H,22,23). The smallest absolute Gasteiger partial charge is 0.409 e. The molecule has 0 spiro atoms. The second-order valence-electron chi connectivity index (χ2n) is 5.19. The molecule has 0 unspecified atom stereocenters. The number of para-hydroxylation sites is 1. The summed E-state index contributed by atoms with van der Waals surface area (Å²) in [5.41, 5.74) is 3.51. The number of benzene rings is 2. The first kappa shape index (κ1) is 15.6. The lowest BCUT2D eigenvalue weighted by Crippen LogP contribution is -2.07. The molecule has 0 aliphatic heterocycles. The second kappa shape index (κ2) is 7.32. The number of aromatic nitrogens is 2. The second-order valence-corrected chi connectivity index (χ2v) is 5.19. The highest BCUT2D eigenvalue weighted by Crippen LogP contribution is 2.27. The summed E-state index contributed by atoms with van der Waals surface area (Å²) in [4.78, 5) is 17.7. The van der Waals surface area contributed by atoms with Crippen molar-refractivity contribution in [3.63, 3.8) is 0 Å². The molecular formula is C18H17N3O3. The minimum absolute atomic E-state index is 0.525. The van der Waals surface area contributed by atoms with Gasteiger partial charge in [-0.25, -0.2) is 9.78 Å². The quantitative estimate of drug-likeness (QED) is 0.644. The Kier molecular flexibility index (Phi) is 4.76. The molecule has 0 fully saturated rings. The van der Waals surface area contributed by atoms with Gasteiger partial charge in [0.1, 0.15) is 5.75 Å². The molecule has 0 aliphatic carbocycles. The number of rotatable bonds is 6. The van der Waals surface area contributed by atoms with Crippen molar-refractivity contribution in [1.82, 2.24) is 9.97 Å². The van der Waals surface area contributed by atoms with Crippen molar-refractivity contribution in [3.8, 4) is 17.0 Å². The topological polar surface area (TPSA) is 87.2 Å². The molecule has 122 valence electrons. The van der Waals surface area contributed by atoms with Gasteiger partial charge in [-0.3, -0.25) is 5.32 Å². The van der Waals surface area contributed by atoms with E-state index >= 15 is 0 Å². The number of nitrogens with zero attached hydrogens (tertiary/aromatic N) is 1. The van der Waals surface area contributed by atoms with Gasteiger partial charge in [-0.2, -0.15) is 0 Å². The number of ether oxygens (including phenoxy) is 1. The molecule has 3 N–H and O–H groups in total. The van der Waals surface area contributed by atoms with E-state index in [2.05, 4.69) is 15.3 Å². The number of hydrogen-bond acceptors (Lipinski definition) is 3. The Morgan fingerprint density at radius 3 is 2.67 bits per heavy atom. The maximum atomic E-state index is 10.6. The molecule has 1 heterocycles. The van der Waals surface area contributed by atoms with Gasteiger partial charge in [-0.15, -0.1) is 0 Å². The molecule has 3 aromatic rings. The molecule has 6 nitrogen and oxygen atoms in total. The number of aromatic amines is 1. The summed E-state index contributed by atoms with van der Waals surface area (Å²) in [7, 11) is 0. The monoisotopic (exact) mass is 323 g/mol. The lowest BCUT2D eigenvalue weighted by atomic mass is 10.1. The van der Waals surface area contributed by atoms with Gasteiger partial charge >= 0.3 is 6.09 Å². The molecule has 0 radical (unpaired) electrons. The number of H-pyrrole nitrogens is 1. The van der Waals surface area contributed by atoms with E-state index in [0.29, 0.717) is 12.3 Å². The van der Waals surface area contributed by atoms with Crippen molar-refractivity contribution < 1.29 is 14.6 Å². The van der Waals surface area contributed by atoms with Crippen LogP contribution >= 0.6 is 0 Å². The van der Waals surface area contributed by atoms with Crippen molar-refractivity contribution in [2.45, 2.75) is 6.42 Å². The van der Waals surface area contributed by atoms with E-state index in [1.165, 1.54) is 0 Å². The molecule has 0 atom stereocenters. The van der Waals surface area contributed by atoms with Crippen molar-refractivity contribution in [3.05, 3.63) is 66.6 Å². The lowest BCUT2D eigenvalue weighted by molar-refractivity contribution is 0.209. The van der Waals surface area contributed by atoms with Gasteiger partial charge in [0.25, 0.3) is 0 Å². The predicted octanol–water partition coefficient (Wildman–Crippen LogP) is 3.79. The number of nitrogens with one attached hydrogen (secondary N) is 2. The fourth-order valence-corrected chi connectivity index (χ4v) is 2.38. The number of amides is 1. The number of carbonyl (C=O) groups is 1. The summed E-state index contributed by atoms with van der Waals surface area (Å²) in [5.74, 6) is 0.797. The maximum Gasteiger partial charge on any atom is 0.409 e. The third-order valence-electron chi connectivity index (χ3n) is 3.53. The molecule has 2 aromatic carbocycles. The highest BCUT2D eigenvalue weighted by Gasteiger charge is 2.07.